The van der Waals surface area contributed by atoms with Crippen molar-refractivity contribution in [1.29, 1.82) is 0 Å². The first kappa shape index (κ1) is 14.7. The van der Waals surface area contributed by atoms with E-state index in [4.69, 9.17) is 9.84 Å². The summed E-state index contributed by atoms with van der Waals surface area (Å²) in [6.45, 7) is 10.5. The quantitative estimate of drug-likeness (QED) is 0.579. The average molecular weight is 228 g/mol. The van der Waals surface area contributed by atoms with E-state index < -0.39 is 23.5 Å². The molecule has 0 unspecified atom stereocenters. The zero-order chi connectivity index (χ0) is 12.9. The monoisotopic (exact) mass is 228 g/mol. The van der Waals surface area contributed by atoms with Crippen LogP contribution >= 0.6 is 0 Å². The normalized spacial score (nSPS) is 15.0. The van der Waals surface area contributed by atoms with E-state index >= 15 is 0 Å². The molecule has 0 amide bonds. The number of rotatable bonds is 5. The van der Waals surface area contributed by atoms with Gasteiger partial charge in [-0.15, -0.1) is 6.58 Å². The summed E-state index contributed by atoms with van der Waals surface area (Å²) < 4.78 is 5.08. The van der Waals surface area contributed by atoms with Crippen LogP contribution < -0.4 is 0 Å². The summed E-state index contributed by atoms with van der Waals surface area (Å²) in [5.74, 6) is -2.52. The molecule has 0 aliphatic rings. The van der Waals surface area contributed by atoms with Crippen molar-refractivity contribution in [2.24, 2.45) is 11.8 Å². The van der Waals surface area contributed by atoms with E-state index in [0.717, 1.165) is 0 Å². The average Bonchev–Trinajstić information content (AvgIpc) is 2.09. The van der Waals surface area contributed by atoms with Gasteiger partial charge in [-0.1, -0.05) is 13.0 Å². The summed E-state index contributed by atoms with van der Waals surface area (Å²) in [5.41, 5.74) is -0.586. The molecule has 0 saturated heterocycles. The second-order valence-electron chi connectivity index (χ2n) is 4.83. The second kappa shape index (κ2) is 5.68. The smallest absolute Gasteiger partial charge is 0.307 e. The molecule has 0 rings (SSSR count). The molecule has 0 aliphatic carbocycles. The molecular weight excluding hydrogens is 208 g/mol. The van der Waals surface area contributed by atoms with Crippen molar-refractivity contribution < 1.29 is 19.4 Å². The fraction of sp³-hybridized carbons (Fsp3) is 0.667. The van der Waals surface area contributed by atoms with Crippen molar-refractivity contribution in [2.75, 3.05) is 0 Å². The number of ether oxygens (including phenoxy) is 1. The molecule has 0 aromatic rings. The number of hydrogen-bond donors (Lipinski definition) is 1. The first-order chi connectivity index (χ1) is 7.17. The number of carboxylic acids is 1. The lowest BCUT2D eigenvalue weighted by molar-refractivity contribution is -0.160. The molecule has 0 radical (unpaired) electrons. The molecule has 0 saturated carbocycles. The highest BCUT2D eigenvalue weighted by atomic mass is 16.6. The molecule has 92 valence electrons. The zero-order valence-electron chi connectivity index (χ0n) is 10.3. The molecule has 0 heterocycles. The Morgan fingerprint density at radius 3 is 2.25 bits per heavy atom. The van der Waals surface area contributed by atoms with Crippen LogP contribution in [0.3, 0.4) is 0 Å². The van der Waals surface area contributed by atoms with Crippen molar-refractivity contribution in [3.05, 3.63) is 12.7 Å². The van der Waals surface area contributed by atoms with Gasteiger partial charge in [0, 0.05) is 0 Å². The third-order valence-electron chi connectivity index (χ3n) is 2.13. The molecule has 0 spiro atoms. The standard InChI is InChI=1S/C12H20O4/c1-6-8(2)9(11(14)15)7-10(13)16-12(3,4)5/h6,8-9H,1,7H2,2-5H3,(H,14,15)/t8-,9+/m1/s1. The highest BCUT2D eigenvalue weighted by molar-refractivity contribution is 5.79. The number of carbonyl (C=O) groups excluding carboxylic acids is 1. The van der Waals surface area contributed by atoms with E-state index in [-0.39, 0.29) is 12.3 Å². The van der Waals surface area contributed by atoms with E-state index in [1.807, 2.05) is 0 Å². The summed E-state index contributed by atoms with van der Waals surface area (Å²) in [7, 11) is 0. The lowest BCUT2D eigenvalue weighted by Gasteiger charge is -2.22. The minimum atomic E-state index is -1.00. The lowest BCUT2D eigenvalue weighted by atomic mass is 9.91. The summed E-state index contributed by atoms with van der Waals surface area (Å²) in [6, 6.07) is 0. The Hall–Kier alpha value is -1.32. The second-order valence-corrected chi connectivity index (χ2v) is 4.83. The van der Waals surface area contributed by atoms with Crippen LogP contribution in [0.1, 0.15) is 34.1 Å². The van der Waals surface area contributed by atoms with Crippen LogP contribution in [0.15, 0.2) is 12.7 Å². The summed E-state index contributed by atoms with van der Waals surface area (Å²) >= 11 is 0. The van der Waals surface area contributed by atoms with Gasteiger partial charge < -0.3 is 9.84 Å². The van der Waals surface area contributed by atoms with Gasteiger partial charge in [0.05, 0.1) is 12.3 Å². The highest BCUT2D eigenvalue weighted by Crippen LogP contribution is 2.19. The van der Waals surface area contributed by atoms with Gasteiger partial charge in [0.15, 0.2) is 0 Å². The molecule has 0 aromatic carbocycles. The van der Waals surface area contributed by atoms with Gasteiger partial charge in [0.1, 0.15) is 5.60 Å². The summed E-state index contributed by atoms with van der Waals surface area (Å²) in [4.78, 5) is 22.4. The van der Waals surface area contributed by atoms with E-state index in [2.05, 4.69) is 6.58 Å². The van der Waals surface area contributed by atoms with E-state index in [0.29, 0.717) is 0 Å². The fourth-order valence-corrected chi connectivity index (χ4v) is 1.23. The van der Waals surface area contributed by atoms with Crippen LogP contribution in [0, 0.1) is 11.8 Å². The maximum absolute atomic E-state index is 11.5. The summed E-state index contributed by atoms with van der Waals surface area (Å²) in [5, 5.41) is 8.97. The van der Waals surface area contributed by atoms with Crippen LogP contribution in [-0.4, -0.2) is 22.6 Å². The van der Waals surface area contributed by atoms with Gasteiger partial charge in [-0.2, -0.15) is 0 Å². The Balaban J connectivity index is 4.47. The Morgan fingerprint density at radius 2 is 1.94 bits per heavy atom. The molecule has 1 N–H and O–H groups in total. The van der Waals surface area contributed by atoms with Crippen LogP contribution in [0.25, 0.3) is 0 Å². The van der Waals surface area contributed by atoms with Crippen LogP contribution in [0.4, 0.5) is 0 Å². The van der Waals surface area contributed by atoms with Crippen molar-refractivity contribution in [3.8, 4) is 0 Å². The number of esters is 1. The Kier molecular flexibility index (Phi) is 5.21. The first-order valence-corrected chi connectivity index (χ1v) is 5.24. The van der Waals surface area contributed by atoms with Crippen molar-refractivity contribution >= 4 is 11.9 Å². The fourth-order valence-electron chi connectivity index (χ4n) is 1.23. The predicted molar refractivity (Wildman–Crippen MR) is 60.9 cm³/mol. The largest absolute Gasteiger partial charge is 0.481 e. The molecule has 4 nitrogen and oxygen atoms in total. The third kappa shape index (κ3) is 5.53. The van der Waals surface area contributed by atoms with Gasteiger partial charge in [-0.3, -0.25) is 9.59 Å². The number of aliphatic carboxylic acids is 1. The first-order valence-electron chi connectivity index (χ1n) is 5.24. The van der Waals surface area contributed by atoms with Gasteiger partial charge in [-0.25, -0.2) is 0 Å². The predicted octanol–water partition coefficient (Wildman–Crippen LogP) is 2.24. The van der Waals surface area contributed by atoms with Gasteiger partial charge in [-0.05, 0) is 26.7 Å². The molecule has 4 heteroatoms. The van der Waals surface area contributed by atoms with Gasteiger partial charge in [0.25, 0.3) is 0 Å². The van der Waals surface area contributed by atoms with Crippen molar-refractivity contribution in [1.82, 2.24) is 0 Å². The highest BCUT2D eigenvalue weighted by Gasteiger charge is 2.28. The molecule has 0 aromatic heterocycles. The van der Waals surface area contributed by atoms with Gasteiger partial charge in [0.2, 0.25) is 0 Å². The number of allylic oxidation sites excluding steroid dienone is 1. The number of carbonyl (C=O) groups is 2. The van der Waals surface area contributed by atoms with E-state index in [1.165, 1.54) is 6.08 Å². The number of carboxylic acid groups (broad SMARTS) is 1. The Bertz CT molecular complexity index is 275. The molecule has 2 atom stereocenters. The molecule has 0 aliphatic heterocycles. The zero-order valence-corrected chi connectivity index (χ0v) is 10.3. The van der Waals surface area contributed by atoms with Crippen molar-refractivity contribution in [3.63, 3.8) is 0 Å². The molecule has 16 heavy (non-hydrogen) atoms. The van der Waals surface area contributed by atoms with Crippen LogP contribution in [0.5, 0.6) is 0 Å². The third-order valence-corrected chi connectivity index (χ3v) is 2.13. The minimum absolute atomic E-state index is 0.125. The molecule has 0 fully saturated rings. The van der Waals surface area contributed by atoms with E-state index in [1.54, 1.807) is 27.7 Å². The maximum Gasteiger partial charge on any atom is 0.307 e. The Labute approximate surface area is 96.3 Å². The molecule has 0 bridgehead atoms. The summed E-state index contributed by atoms with van der Waals surface area (Å²) in [6.07, 6.45) is 1.41. The van der Waals surface area contributed by atoms with Crippen molar-refractivity contribution in [2.45, 2.75) is 39.7 Å². The Morgan fingerprint density at radius 1 is 1.44 bits per heavy atom. The topological polar surface area (TPSA) is 63.6 Å². The minimum Gasteiger partial charge on any atom is -0.481 e. The van der Waals surface area contributed by atoms with Gasteiger partial charge >= 0.3 is 11.9 Å². The van der Waals surface area contributed by atoms with E-state index in [9.17, 15) is 9.59 Å². The number of hydrogen-bond acceptors (Lipinski definition) is 3. The lowest BCUT2D eigenvalue weighted by Crippen LogP contribution is -2.29. The van der Waals surface area contributed by atoms with Crippen LogP contribution in [0.2, 0.25) is 0 Å². The SMILES string of the molecule is C=C[C@@H](C)[C@H](CC(=O)OC(C)(C)C)C(=O)O. The maximum atomic E-state index is 11.5. The molecular formula is C12H20O4. The van der Waals surface area contributed by atoms with Crippen LogP contribution in [-0.2, 0) is 14.3 Å².